The van der Waals surface area contributed by atoms with Gasteiger partial charge in [0.25, 0.3) is 0 Å². The van der Waals surface area contributed by atoms with Gasteiger partial charge in [-0.3, -0.25) is 0 Å². The lowest BCUT2D eigenvalue weighted by molar-refractivity contribution is 0.478. The summed E-state index contributed by atoms with van der Waals surface area (Å²) < 4.78 is 13.6. The standard InChI is InChI=1S/C12H16BrClFN/c1-2-10(6-7-13)16-8-9-4-3-5-11(14)12(9)15/h3-5,10,16H,2,6-8H2,1H3. The summed E-state index contributed by atoms with van der Waals surface area (Å²) in [4.78, 5) is 0. The first-order chi connectivity index (χ1) is 7.69. The van der Waals surface area contributed by atoms with Gasteiger partial charge >= 0.3 is 0 Å². The fourth-order valence-corrected chi connectivity index (χ4v) is 2.27. The third-order valence-electron chi connectivity index (χ3n) is 2.56. The van der Waals surface area contributed by atoms with E-state index in [0.717, 1.165) is 18.2 Å². The van der Waals surface area contributed by atoms with Gasteiger partial charge in [0.1, 0.15) is 5.82 Å². The van der Waals surface area contributed by atoms with E-state index >= 15 is 0 Å². The van der Waals surface area contributed by atoms with Crippen LogP contribution in [0.25, 0.3) is 0 Å². The third kappa shape index (κ3) is 4.04. The van der Waals surface area contributed by atoms with Gasteiger partial charge in [-0.1, -0.05) is 46.6 Å². The fourth-order valence-electron chi connectivity index (χ4n) is 1.52. The average Bonchev–Trinajstić information content (AvgIpc) is 2.29. The molecule has 0 spiro atoms. The molecule has 0 radical (unpaired) electrons. The number of benzene rings is 1. The van der Waals surface area contributed by atoms with Crippen molar-refractivity contribution in [1.29, 1.82) is 0 Å². The Balaban J connectivity index is 2.56. The molecule has 0 aliphatic heterocycles. The summed E-state index contributed by atoms with van der Waals surface area (Å²) in [5.74, 6) is -0.314. The van der Waals surface area contributed by atoms with Crippen molar-refractivity contribution in [3.8, 4) is 0 Å². The molecule has 0 amide bonds. The molecular formula is C12H16BrClFN. The van der Waals surface area contributed by atoms with Crippen molar-refractivity contribution < 1.29 is 4.39 Å². The minimum Gasteiger partial charge on any atom is -0.310 e. The van der Waals surface area contributed by atoms with Crippen LogP contribution in [0.5, 0.6) is 0 Å². The highest BCUT2D eigenvalue weighted by molar-refractivity contribution is 9.09. The molecule has 0 aromatic heterocycles. The van der Waals surface area contributed by atoms with Crippen molar-refractivity contribution in [2.75, 3.05) is 5.33 Å². The maximum atomic E-state index is 13.6. The average molecular weight is 309 g/mol. The molecule has 4 heteroatoms. The van der Waals surface area contributed by atoms with Gasteiger partial charge in [0.05, 0.1) is 5.02 Å². The maximum Gasteiger partial charge on any atom is 0.146 e. The topological polar surface area (TPSA) is 12.0 Å². The Labute approximate surface area is 110 Å². The van der Waals surface area contributed by atoms with Crippen molar-refractivity contribution in [2.45, 2.75) is 32.4 Å². The molecule has 1 aromatic rings. The second-order valence-electron chi connectivity index (χ2n) is 3.68. The predicted molar refractivity (Wildman–Crippen MR) is 70.7 cm³/mol. The number of nitrogens with one attached hydrogen (secondary N) is 1. The Morgan fingerprint density at radius 2 is 2.25 bits per heavy atom. The minimum absolute atomic E-state index is 0.188. The molecule has 1 aromatic carbocycles. The van der Waals surface area contributed by atoms with E-state index in [2.05, 4.69) is 28.2 Å². The summed E-state index contributed by atoms with van der Waals surface area (Å²) >= 11 is 9.12. The zero-order valence-electron chi connectivity index (χ0n) is 9.27. The Bertz CT molecular complexity index is 333. The van der Waals surface area contributed by atoms with Crippen LogP contribution in [-0.4, -0.2) is 11.4 Å². The molecule has 90 valence electrons. The summed E-state index contributed by atoms with van der Waals surface area (Å²) in [6.45, 7) is 2.65. The van der Waals surface area contributed by atoms with Crippen LogP contribution < -0.4 is 5.32 Å². The smallest absolute Gasteiger partial charge is 0.146 e. The molecule has 0 heterocycles. The van der Waals surface area contributed by atoms with Crippen LogP contribution in [0, 0.1) is 5.82 Å². The zero-order valence-corrected chi connectivity index (χ0v) is 11.6. The molecular weight excluding hydrogens is 292 g/mol. The Morgan fingerprint density at radius 3 is 2.88 bits per heavy atom. The van der Waals surface area contributed by atoms with Gasteiger partial charge < -0.3 is 5.32 Å². The molecule has 0 fully saturated rings. The highest BCUT2D eigenvalue weighted by atomic mass is 79.9. The lowest BCUT2D eigenvalue weighted by atomic mass is 10.1. The van der Waals surface area contributed by atoms with Crippen LogP contribution in [0.4, 0.5) is 4.39 Å². The summed E-state index contributed by atoms with van der Waals surface area (Å²) in [6.07, 6.45) is 2.08. The Morgan fingerprint density at radius 1 is 1.50 bits per heavy atom. The SMILES string of the molecule is CCC(CCBr)NCc1cccc(Cl)c1F. The van der Waals surface area contributed by atoms with Crippen molar-refractivity contribution in [2.24, 2.45) is 0 Å². The number of rotatable bonds is 6. The fraction of sp³-hybridized carbons (Fsp3) is 0.500. The first-order valence-electron chi connectivity index (χ1n) is 5.41. The van der Waals surface area contributed by atoms with Crippen LogP contribution in [0.15, 0.2) is 18.2 Å². The van der Waals surface area contributed by atoms with Crippen LogP contribution in [0.3, 0.4) is 0 Å². The second kappa shape index (κ2) is 7.25. The Kier molecular flexibility index (Phi) is 6.32. The largest absolute Gasteiger partial charge is 0.310 e. The van der Waals surface area contributed by atoms with Crippen molar-refractivity contribution in [1.82, 2.24) is 5.32 Å². The highest BCUT2D eigenvalue weighted by Crippen LogP contribution is 2.17. The molecule has 1 N–H and O–H groups in total. The lowest BCUT2D eigenvalue weighted by Gasteiger charge is -2.16. The van der Waals surface area contributed by atoms with E-state index in [9.17, 15) is 4.39 Å². The highest BCUT2D eigenvalue weighted by Gasteiger charge is 2.08. The normalized spacial score (nSPS) is 12.8. The van der Waals surface area contributed by atoms with E-state index in [0.29, 0.717) is 18.2 Å². The van der Waals surface area contributed by atoms with E-state index < -0.39 is 0 Å². The van der Waals surface area contributed by atoms with E-state index in [1.54, 1.807) is 18.2 Å². The number of halogens is 3. The van der Waals surface area contributed by atoms with Gasteiger partial charge in [-0.25, -0.2) is 4.39 Å². The molecule has 1 nitrogen and oxygen atoms in total. The molecule has 1 rings (SSSR count). The number of hydrogen-bond acceptors (Lipinski definition) is 1. The van der Waals surface area contributed by atoms with Gasteiger partial charge in [0, 0.05) is 23.5 Å². The lowest BCUT2D eigenvalue weighted by Crippen LogP contribution is -2.28. The van der Waals surface area contributed by atoms with E-state index in [-0.39, 0.29) is 10.8 Å². The molecule has 0 saturated carbocycles. The molecule has 1 unspecified atom stereocenters. The first-order valence-corrected chi connectivity index (χ1v) is 6.91. The van der Waals surface area contributed by atoms with Crippen LogP contribution in [0.2, 0.25) is 5.02 Å². The summed E-state index contributed by atoms with van der Waals surface area (Å²) in [5.41, 5.74) is 0.625. The minimum atomic E-state index is -0.314. The molecule has 0 bridgehead atoms. The molecule has 16 heavy (non-hydrogen) atoms. The molecule has 0 aliphatic carbocycles. The van der Waals surface area contributed by atoms with E-state index in [4.69, 9.17) is 11.6 Å². The Hall–Kier alpha value is -0.120. The van der Waals surface area contributed by atoms with Crippen LogP contribution >= 0.6 is 27.5 Å². The van der Waals surface area contributed by atoms with Gasteiger partial charge in [-0.05, 0) is 18.9 Å². The zero-order chi connectivity index (χ0) is 12.0. The van der Waals surface area contributed by atoms with E-state index in [1.165, 1.54) is 0 Å². The van der Waals surface area contributed by atoms with E-state index in [1.807, 2.05) is 0 Å². The number of hydrogen-bond donors (Lipinski definition) is 1. The first kappa shape index (κ1) is 13.9. The van der Waals surface area contributed by atoms with Gasteiger partial charge in [0.2, 0.25) is 0 Å². The van der Waals surface area contributed by atoms with Crippen molar-refractivity contribution in [3.05, 3.63) is 34.6 Å². The summed E-state index contributed by atoms with van der Waals surface area (Å²) in [5, 5.41) is 4.47. The maximum absolute atomic E-state index is 13.6. The van der Waals surface area contributed by atoms with Crippen molar-refractivity contribution >= 4 is 27.5 Å². The van der Waals surface area contributed by atoms with Crippen molar-refractivity contribution in [3.63, 3.8) is 0 Å². The van der Waals surface area contributed by atoms with Crippen LogP contribution in [-0.2, 0) is 6.54 Å². The molecule has 0 saturated heterocycles. The third-order valence-corrected chi connectivity index (χ3v) is 3.31. The van der Waals surface area contributed by atoms with Crippen LogP contribution in [0.1, 0.15) is 25.3 Å². The molecule has 0 aliphatic rings. The quantitative estimate of drug-likeness (QED) is 0.779. The van der Waals surface area contributed by atoms with Gasteiger partial charge in [-0.2, -0.15) is 0 Å². The number of alkyl halides is 1. The monoisotopic (exact) mass is 307 g/mol. The van der Waals surface area contributed by atoms with Gasteiger partial charge in [-0.15, -0.1) is 0 Å². The second-order valence-corrected chi connectivity index (χ2v) is 4.88. The molecule has 1 atom stereocenters. The van der Waals surface area contributed by atoms with Gasteiger partial charge in [0.15, 0.2) is 0 Å². The summed E-state index contributed by atoms with van der Waals surface area (Å²) in [6, 6.07) is 5.51. The summed E-state index contributed by atoms with van der Waals surface area (Å²) in [7, 11) is 0. The predicted octanol–water partition coefficient (Wildman–Crippen LogP) is 4.13.